The largest absolute Gasteiger partial charge is 0.313 e. The monoisotopic (exact) mass is 210 g/mol. The van der Waals surface area contributed by atoms with Crippen molar-refractivity contribution in [2.45, 2.75) is 64.3 Å². The smallest absolute Gasteiger partial charge is 0.104 e. The van der Waals surface area contributed by atoms with Gasteiger partial charge in [0.05, 0.1) is 6.07 Å². The van der Waals surface area contributed by atoms with Gasteiger partial charge >= 0.3 is 0 Å². The Kier molecular flexibility index (Phi) is 4.60. The maximum atomic E-state index is 8.91. The Hall–Kier alpha value is -0.550. The first-order valence-electron chi connectivity index (χ1n) is 6.44. The third-order valence-electron chi connectivity index (χ3n) is 3.88. The normalized spacial score (nSPS) is 35.7. The molecule has 2 heteroatoms. The van der Waals surface area contributed by atoms with E-state index < -0.39 is 5.54 Å². The quantitative estimate of drug-likeness (QED) is 0.720. The average Bonchev–Trinajstić information content (AvgIpc) is 2.90. The van der Waals surface area contributed by atoms with Gasteiger partial charge in [-0.3, -0.25) is 0 Å². The van der Waals surface area contributed by atoms with Crippen molar-refractivity contribution in [1.82, 2.24) is 0 Å². The molecule has 0 saturated heterocycles. The third kappa shape index (κ3) is 2.95. The number of nitriles is 1. The summed E-state index contributed by atoms with van der Waals surface area (Å²) in [6, 6.07) is 2.27. The lowest BCUT2D eigenvalue weighted by molar-refractivity contribution is 0.336. The van der Waals surface area contributed by atoms with Crippen LogP contribution < -0.4 is 5.73 Å². The fraction of sp³-hybridized carbons (Fsp3) is 0.923. The first-order chi connectivity index (χ1) is 7.23. The summed E-state index contributed by atoms with van der Waals surface area (Å²) in [6.45, 7) is 4.00. The van der Waals surface area contributed by atoms with Gasteiger partial charge in [-0.2, -0.15) is 5.26 Å². The highest BCUT2D eigenvalue weighted by atomic mass is 14.8. The molecule has 2 fully saturated rings. The van der Waals surface area contributed by atoms with Gasteiger partial charge in [-0.05, 0) is 31.1 Å². The van der Waals surface area contributed by atoms with Crippen molar-refractivity contribution in [3.63, 3.8) is 0 Å². The van der Waals surface area contributed by atoms with Crippen LogP contribution in [0.15, 0.2) is 0 Å². The summed E-state index contributed by atoms with van der Waals surface area (Å²) in [5, 5.41) is 8.91. The van der Waals surface area contributed by atoms with Gasteiger partial charge in [0, 0.05) is 1.43 Å². The zero-order chi connectivity index (χ0) is 11.3. The number of rotatable bonds is 1. The van der Waals surface area contributed by atoms with Crippen molar-refractivity contribution in [2.75, 3.05) is 0 Å². The summed E-state index contributed by atoms with van der Waals surface area (Å²) in [4.78, 5) is 0. The molecule has 2 aliphatic rings. The topological polar surface area (TPSA) is 49.8 Å². The first kappa shape index (κ1) is 12.5. The average molecular weight is 210 g/mol. The summed E-state index contributed by atoms with van der Waals surface area (Å²) in [6.07, 6.45) is 8.61. The predicted octanol–water partition coefficient (Wildman–Crippen LogP) is 3.47. The molecule has 0 spiro atoms. The van der Waals surface area contributed by atoms with Crippen LogP contribution in [0.1, 0.15) is 60.2 Å². The van der Waals surface area contributed by atoms with E-state index >= 15 is 0 Å². The lowest BCUT2D eigenvalue weighted by Gasteiger charge is -2.19. The van der Waals surface area contributed by atoms with Gasteiger partial charge in [0.15, 0.2) is 0 Å². The molecule has 0 radical (unpaired) electrons. The SMILES string of the molecule is CC.N#CC1(N)CCC(C2CCCC2)C1.[HH]. The zero-order valence-corrected chi connectivity index (χ0v) is 10.1. The lowest BCUT2D eigenvalue weighted by Crippen LogP contribution is -2.35. The van der Waals surface area contributed by atoms with Crippen LogP contribution in [0, 0.1) is 23.2 Å². The van der Waals surface area contributed by atoms with Crippen LogP contribution in [-0.2, 0) is 0 Å². The highest BCUT2D eigenvalue weighted by molar-refractivity contribution is 5.10. The van der Waals surface area contributed by atoms with E-state index in [0.29, 0.717) is 0 Å². The van der Waals surface area contributed by atoms with E-state index in [2.05, 4.69) is 6.07 Å². The van der Waals surface area contributed by atoms with Crippen LogP contribution in [0.2, 0.25) is 0 Å². The molecule has 0 amide bonds. The van der Waals surface area contributed by atoms with Crippen LogP contribution in [0.5, 0.6) is 0 Å². The van der Waals surface area contributed by atoms with E-state index in [1.165, 1.54) is 32.1 Å². The fourth-order valence-electron chi connectivity index (χ4n) is 3.05. The van der Waals surface area contributed by atoms with Crippen molar-refractivity contribution >= 4 is 0 Å². The lowest BCUT2D eigenvalue weighted by atomic mass is 9.88. The van der Waals surface area contributed by atoms with Gasteiger partial charge in [-0.15, -0.1) is 0 Å². The second-order valence-corrected chi connectivity index (χ2v) is 4.82. The molecule has 2 N–H and O–H groups in total. The molecule has 2 unspecified atom stereocenters. The third-order valence-corrected chi connectivity index (χ3v) is 3.88. The van der Waals surface area contributed by atoms with Crippen LogP contribution >= 0.6 is 0 Å². The first-order valence-corrected chi connectivity index (χ1v) is 6.44. The molecule has 0 bridgehead atoms. The molecule has 2 rings (SSSR count). The van der Waals surface area contributed by atoms with Gasteiger partial charge in [0.1, 0.15) is 5.54 Å². The molecule has 0 aromatic heterocycles. The molecule has 0 aromatic rings. The Labute approximate surface area is 95.3 Å². The predicted molar refractivity (Wildman–Crippen MR) is 65.3 cm³/mol. The number of nitrogens with zero attached hydrogens (tertiary/aromatic N) is 1. The van der Waals surface area contributed by atoms with Crippen LogP contribution in [0.25, 0.3) is 0 Å². The van der Waals surface area contributed by atoms with Crippen molar-refractivity contribution in [2.24, 2.45) is 17.6 Å². The zero-order valence-electron chi connectivity index (χ0n) is 10.1. The van der Waals surface area contributed by atoms with Crippen molar-refractivity contribution in [3.05, 3.63) is 0 Å². The highest BCUT2D eigenvalue weighted by Crippen LogP contribution is 2.43. The molecular formula is C13H26N2. The van der Waals surface area contributed by atoms with Crippen molar-refractivity contribution in [1.29, 1.82) is 5.26 Å². The standard InChI is InChI=1S/C11H18N2.C2H6.H2/c12-8-11(13)6-5-10(7-11)9-3-1-2-4-9;1-2;/h9-10H,1-7,13H2;1-2H3;1H. The highest BCUT2D eigenvalue weighted by Gasteiger charge is 2.39. The Balaban J connectivity index is 0.000000711. The summed E-state index contributed by atoms with van der Waals surface area (Å²) >= 11 is 0. The molecule has 2 saturated carbocycles. The maximum absolute atomic E-state index is 8.91. The van der Waals surface area contributed by atoms with E-state index in [4.69, 9.17) is 11.0 Å². The van der Waals surface area contributed by atoms with E-state index in [-0.39, 0.29) is 1.43 Å². The Bertz CT molecular complexity index is 231. The number of hydrogen-bond acceptors (Lipinski definition) is 2. The minimum absolute atomic E-state index is 0. The van der Waals surface area contributed by atoms with E-state index in [1.807, 2.05) is 13.8 Å². The van der Waals surface area contributed by atoms with Crippen molar-refractivity contribution in [3.8, 4) is 6.07 Å². The molecule has 2 nitrogen and oxygen atoms in total. The van der Waals surface area contributed by atoms with Gasteiger partial charge in [0.25, 0.3) is 0 Å². The van der Waals surface area contributed by atoms with Crippen LogP contribution in [0.4, 0.5) is 0 Å². The summed E-state index contributed by atoms with van der Waals surface area (Å²) in [5.41, 5.74) is 5.48. The molecule has 15 heavy (non-hydrogen) atoms. The molecule has 0 aromatic carbocycles. The molecular weight excluding hydrogens is 184 g/mol. The minimum atomic E-state index is -0.479. The van der Waals surface area contributed by atoms with Crippen LogP contribution in [-0.4, -0.2) is 5.54 Å². The summed E-state index contributed by atoms with van der Waals surface area (Å²) in [5.74, 6) is 1.64. The molecule has 0 aliphatic heterocycles. The maximum Gasteiger partial charge on any atom is 0.104 e. The molecule has 2 atom stereocenters. The molecule has 0 heterocycles. The Morgan fingerprint density at radius 3 is 2.27 bits per heavy atom. The van der Waals surface area contributed by atoms with E-state index in [9.17, 15) is 0 Å². The molecule has 88 valence electrons. The van der Waals surface area contributed by atoms with Gasteiger partial charge < -0.3 is 5.73 Å². The van der Waals surface area contributed by atoms with Gasteiger partial charge in [-0.1, -0.05) is 39.5 Å². The fourth-order valence-corrected chi connectivity index (χ4v) is 3.05. The number of hydrogen-bond donors (Lipinski definition) is 1. The second-order valence-electron chi connectivity index (χ2n) is 4.82. The van der Waals surface area contributed by atoms with E-state index in [0.717, 1.165) is 24.7 Å². The number of nitrogens with two attached hydrogens (primary N) is 1. The van der Waals surface area contributed by atoms with Crippen LogP contribution in [0.3, 0.4) is 0 Å². The molecule has 2 aliphatic carbocycles. The van der Waals surface area contributed by atoms with Crippen molar-refractivity contribution < 1.29 is 1.43 Å². The van der Waals surface area contributed by atoms with E-state index in [1.54, 1.807) is 0 Å². The minimum Gasteiger partial charge on any atom is -0.313 e. The summed E-state index contributed by atoms with van der Waals surface area (Å²) < 4.78 is 0. The Morgan fingerprint density at radius 2 is 1.80 bits per heavy atom. The van der Waals surface area contributed by atoms with Gasteiger partial charge in [0.2, 0.25) is 0 Å². The Morgan fingerprint density at radius 1 is 1.20 bits per heavy atom. The summed E-state index contributed by atoms with van der Waals surface area (Å²) in [7, 11) is 0. The van der Waals surface area contributed by atoms with Gasteiger partial charge in [-0.25, -0.2) is 0 Å². The second kappa shape index (κ2) is 5.51.